The second-order valence-electron chi connectivity index (χ2n) is 5.75. The molecular formula is C16H22N2O3. The molecule has 1 aromatic heterocycles. The first kappa shape index (κ1) is 14.4. The minimum absolute atomic E-state index is 0.0583. The Labute approximate surface area is 123 Å². The van der Waals surface area contributed by atoms with E-state index in [1.165, 1.54) is 0 Å². The van der Waals surface area contributed by atoms with Crippen LogP contribution in [0.1, 0.15) is 32.1 Å². The standard InChI is InChI=1S/C16H22N2O3/c19-12-6-8-13(9-7-12)21-11-3-10-18-15-5-2-1-4-14(15)17-16(18)20/h1-2,4-5,12-13,19H,3,6-11H2,(H,17,20). The van der Waals surface area contributed by atoms with Crippen molar-refractivity contribution >= 4 is 11.0 Å². The van der Waals surface area contributed by atoms with Crippen LogP contribution in [0.2, 0.25) is 0 Å². The van der Waals surface area contributed by atoms with E-state index in [-0.39, 0.29) is 17.9 Å². The van der Waals surface area contributed by atoms with Gasteiger partial charge in [0, 0.05) is 13.2 Å². The van der Waals surface area contributed by atoms with E-state index in [1.807, 2.05) is 24.3 Å². The number of para-hydroxylation sites is 2. The number of aromatic nitrogens is 2. The lowest BCUT2D eigenvalue weighted by molar-refractivity contribution is -0.00482. The SMILES string of the molecule is O=c1[nH]c2ccccc2n1CCCOC1CCC(O)CC1. The van der Waals surface area contributed by atoms with E-state index in [1.54, 1.807) is 4.57 Å². The Hall–Kier alpha value is -1.59. The fourth-order valence-corrected chi connectivity index (χ4v) is 3.01. The minimum atomic E-state index is -0.144. The van der Waals surface area contributed by atoms with Gasteiger partial charge in [0.05, 0.1) is 23.2 Å². The molecule has 0 spiro atoms. The molecule has 0 saturated heterocycles. The highest BCUT2D eigenvalue weighted by Gasteiger charge is 2.19. The molecule has 0 amide bonds. The number of ether oxygens (including phenoxy) is 1. The fourth-order valence-electron chi connectivity index (χ4n) is 3.01. The van der Waals surface area contributed by atoms with Gasteiger partial charge in [-0.3, -0.25) is 4.57 Å². The van der Waals surface area contributed by atoms with Crippen molar-refractivity contribution in [3.8, 4) is 0 Å². The molecule has 0 bridgehead atoms. The molecule has 1 fully saturated rings. The van der Waals surface area contributed by atoms with Crippen LogP contribution in [0.15, 0.2) is 29.1 Å². The average Bonchev–Trinajstić information content (AvgIpc) is 2.81. The van der Waals surface area contributed by atoms with Gasteiger partial charge < -0.3 is 14.8 Å². The van der Waals surface area contributed by atoms with Crippen molar-refractivity contribution in [2.75, 3.05) is 6.61 Å². The molecule has 5 heteroatoms. The first-order chi connectivity index (χ1) is 10.2. The van der Waals surface area contributed by atoms with Crippen molar-refractivity contribution in [2.24, 2.45) is 0 Å². The molecule has 1 aliphatic rings. The van der Waals surface area contributed by atoms with Gasteiger partial charge in [0.15, 0.2) is 0 Å². The molecule has 1 aromatic carbocycles. The number of imidazole rings is 1. The van der Waals surface area contributed by atoms with Gasteiger partial charge in [-0.25, -0.2) is 4.79 Å². The number of hydrogen-bond acceptors (Lipinski definition) is 3. The third-order valence-electron chi connectivity index (χ3n) is 4.20. The van der Waals surface area contributed by atoms with Crippen molar-refractivity contribution < 1.29 is 9.84 Å². The van der Waals surface area contributed by atoms with Crippen molar-refractivity contribution in [1.29, 1.82) is 0 Å². The maximum absolute atomic E-state index is 11.9. The van der Waals surface area contributed by atoms with Crippen molar-refractivity contribution in [3.05, 3.63) is 34.7 Å². The van der Waals surface area contributed by atoms with E-state index in [9.17, 15) is 9.90 Å². The number of aliphatic hydroxyl groups excluding tert-OH is 1. The zero-order chi connectivity index (χ0) is 14.7. The van der Waals surface area contributed by atoms with E-state index >= 15 is 0 Å². The predicted octanol–water partition coefficient (Wildman–Crippen LogP) is 2.04. The van der Waals surface area contributed by atoms with Crippen LogP contribution < -0.4 is 5.69 Å². The van der Waals surface area contributed by atoms with Crippen LogP contribution in [-0.2, 0) is 11.3 Å². The summed E-state index contributed by atoms with van der Waals surface area (Å²) in [6, 6.07) is 7.73. The summed E-state index contributed by atoms with van der Waals surface area (Å²) in [5.74, 6) is 0. The topological polar surface area (TPSA) is 67.2 Å². The average molecular weight is 290 g/mol. The summed E-state index contributed by atoms with van der Waals surface area (Å²) in [5.41, 5.74) is 1.77. The molecule has 0 atom stereocenters. The minimum Gasteiger partial charge on any atom is -0.393 e. The summed E-state index contributed by atoms with van der Waals surface area (Å²) in [6.45, 7) is 1.32. The van der Waals surface area contributed by atoms with Crippen molar-refractivity contribution in [2.45, 2.75) is 50.9 Å². The maximum Gasteiger partial charge on any atom is 0.326 e. The van der Waals surface area contributed by atoms with Gasteiger partial charge in [0.2, 0.25) is 0 Å². The van der Waals surface area contributed by atoms with Gasteiger partial charge in [-0.15, -0.1) is 0 Å². The van der Waals surface area contributed by atoms with Crippen LogP contribution in [0.4, 0.5) is 0 Å². The molecule has 114 valence electrons. The summed E-state index contributed by atoms with van der Waals surface area (Å²) >= 11 is 0. The number of aryl methyl sites for hydroxylation is 1. The van der Waals surface area contributed by atoms with Crippen LogP contribution >= 0.6 is 0 Å². The van der Waals surface area contributed by atoms with Crippen LogP contribution in [0.3, 0.4) is 0 Å². The number of fused-ring (bicyclic) bond motifs is 1. The predicted molar refractivity (Wildman–Crippen MR) is 81.4 cm³/mol. The van der Waals surface area contributed by atoms with E-state index < -0.39 is 0 Å². The second kappa shape index (κ2) is 6.45. The lowest BCUT2D eigenvalue weighted by Gasteiger charge is -2.25. The molecule has 5 nitrogen and oxygen atoms in total. The summed E-state index contributed by atoms with van der Waals surface area (Å²) in [7, 11) is 0. The number of hydrogen-bond donors (Lipinski definition) is 2. The fraction of sp³-hybridized carbons (Fsp3) is 0.562. The quantitative estimate of drug-likeness (QED) is 0.828. The van der Waals surface area contributed by atoms with Gasteiger partial charge in [-0.05, 0) is 44.2 Å². The maximum atomic E-state index is 11.9. The zero-order valence-electron chi connectivity index (χ0n) is 12.1. The van der Waals surface area contributed by atoms with Gasteiger partial charge >= 0.3 is 5.69 Å². The van der Waals surface area contributed by atoms with Crippen LogP contribution in [0.25, 0.3) is 11.0 Å². The zero-order valence-corrected chi connectivity index (χ0v) is 12.1. The van der Waals surface area contributed by atoms with Crippen molar-refractivity contribution in [1.82, 2.24) is 9.55 Å². The largest absolute Gasteiger partial charge is 0.393 e. The molecule has 0 radical (unpaired) electrons. The van der Waals surface area contributed by atoms with Gasteiger partial charge in [-0.1, -0.05) is 12.1 Å². The normalized spacial score (nSPS) is 22.7. The monoisotopic (exact) mass is 290 g/mol. The number of nitrogens with one attached hydrogen (secondary N) is 1. The first-order valence-corrected chi connectivity index (χ1v) is 7.71. The Balaban J connectivity index is 1.51. The lowest BCUT2D eigenvalue weighted by atomic mass is 9.95. The summed E-state index contributed by atoms with van der Waals surface area (Å²) in [4.78, 5) is 14.8. The Morgan fingerprint density at radius 2 is 2.00 bits per heavy atom. The van der Waals surface area contributed by atoms with Crippen LogP contribution in [-0.4, -0.2) is 33.5 Å². The van der Waals surface area contributed by atoms with Crippen LogP contribution in [0, 0.1) is 0 Å². The summed E-state index contributed by atoms with van der Waals surface area (Å²) in [5, 5.41) is 9.46. The highest BCUT2D eigenvalue weighted by Crippen LogP contribution is 2.21. The molecule has 1 aliphatic carbocycles. The molecule has 0 unspecified atom stereocenters. The smallest absolute Gasteiger partial charge is 0.326 e. The molecule has 21 heavy (non-hydrogen) atoms. The highest BCUT2D eigenvalue weighted by atomic mass is 16.5. The number of aromatic amines is 1. The Kier molecular flexibility index (Phi) is 4.41. The lowest BCUT2D eigenvalue weighted by Crippen LogP contribution is -2.25. The molecule has 1 heterocycles. The van der Waals surface area contributed by atoms with E-state index in [2.05, 4.69) is 4.98 Å². The molecule has 2 aromatic rings. The highest BCUT2D eigenvalue weighted by molar-refractivity contribution is 5.74. The number of rotatable bonds is 5. The Bertz CT molecular complexity index is 638. The third kappa shape index (κ3) is 3.36. The van der Waals surface area contributed by atoms with Crippen molar-refractivity contribution in [3.63, 3.8) is 0 Å². The van der Waals surface area contributed by atoms with Crippen LogP contribution in [0.5, 0.6) is 0 Å². The van der Waals surface area contributed by atoms with E-state index in [0.717, 1.165) is 43.1 Å². The molecule has 3 rings (SSSR count). The molecule has 0 aliphatic heterocycles. The Morgan fingerprint density at radius 3 is 2.81 bits per heavy atom. The molecular weight excluding hydrogens is 268 g/mol. The van der Waals surface area contributed by atoms with E-state index in [4.69, 9.17) is 4.74 Å². The molecule has 2 N–H and O–H groups in total. The number of nitrogens with zero attached hydrogens (tertiary/aromatic N) is 1. The number of H-pyrrole nitrogens is 1. The number of aliphatic hydroxyl groups is 1. The van der Waals surface area contributed by atoms with Gasteiger partial charge in [0.25, 0.3) is 0 Å². The molecule has 1 saturated carbocycles. The van der Waals surface area contributed by atoms with Gasteiger partial charge in [0.1, 0.15) is 0 Å². The third-order valence-corrected chi connectivity index (χ3v) is 4.20. The summed E-state index contributed by atoms with van der Waals surface area (Å²) < 4.78 is 7.61. The van der Waals surface area contributed by atoms with E-state index in [0.29, 0.717) is 13.2 Å². The summed E-state index contributed by atoms with van der Waals surface area (Å²) in [6.07, 6.45) is 4.50. The van der Waals surface area contributed by atoms with Gasteiger partial charge in [-0.2, -0.15) is 0 Å². The number of benzene rings is 1. The second-order valence-corrected chi connectivity index (χ2v) is 5.75. The Morgan fingerprint density at radius 1 is 1.24 bits per heavy atom. The first-order valence-electron chi connectivity index (χ1n) is 7.71.